The van der Waals surface area contributed by atoms with Gasteiger partial charge in [-0.1, -0.05) is 50.3 Å². The molecule has 32 heavy (non-hydrogen) atoms. The lowest BCUT2D eigenvalue weighted by Gasteiger charge is -2.32. The summed E-state index contributed by atoms with van der Waals surface area (Å²) >= 11 is 0. The number of benzene rings is 1. The largest absolute Gasteiger partial charge is 0.494 e. The Morgan fingerprint density at radius 2 is 1.78 bits per heavy atom. The zero-order valence-electron chi connectivity index (χ0n) is 20.4. The van der Waals surface area contributed by atoms with Crippen LogP contribution in [0.5, 0.6) is 5.75 Å². The highest BCUT2D eigenvalue weighted by Gasteiger charge is 2.52. The Balaban J connectivity index is 2.40. The number of ether oxygens (including phenoxy) is 2. The summed E-state index contributed by atoms with van der Waals surface area (Å²) in [6, 6.07) is 7.37. The molecule has 0 aromatic heterocycles. The minimum atomic E-state index is -0.570. The van der Waals surface area contributed by atoms with Crippen molar-refractivity contribution in [1.82, 2.24) is 0 Å². The van der Waals surface area contributed by atoms with Gasteiger partial charge in [-0.3, -0.25) is 4.79 Å². The van der Waals surface area contributed by atoms with Crippen LogP contribution in [0.25, 0.3) is 0 Å². The van der Waals surface area contributed by atoms with E-state index in [1.807, 2.05) is 52.0 Å². The van der Waals surface area contributed by atoms with Crippen molar-refractivity contribution in [2.45, 2.75) is 72.2 Å². The van der Waals surface area contributed by atoms with Crippen LogP contribution in [-0.2, 0) is 18.8 Å². The third-order valence-electron chi connectivity index (χ3n) is 6.05. The van der Waals surface area contributed by atoms with Crippen molar-refractivity contribution in [3.05, 3.63) is 53.5 Å². The lowest BCUT2D eigenvalue weighted by atomic mass is 9.70. The molecule has 1 atom stereocenters. The van der Waals surface area contributed by atoms with Crippen molar-refractivity contribution in [1.29, 1.82) is 0 Å². The summed E-state index contributed by atoms with van der Waals surface area (Å²) in [5.41, 5.74) is 1.54. The molecular formula is C25H37BO6. The molecule has 1 aromatic carbocycles. The average Bonchev–Trinajstić information content (AvgIpc) is 2.92. The molecule has 1 aliphatic rings. The number of hydrogen-bond donors (Lipinski definition) is 1. The Morgan fingerprint density at radius 1 is 1.19 bits per heavy atom. The van der Waals surface area contributed by atoms with E-state index in [9.17, 15) is 4.79 Å². The maximum Gasteiger partial charge on any atom is 0.494 e. The highest BCUT2D eigenvalue weighted by Crippen LogP contribution is 2.41. The molecule has 1 saturated heterocycles. The van der Waals surface area contributed by atoms with Crippen LogP contribution in [0.1, 0.15) is 66.6 Å². The standard InChI is InChI=1S/C25H37BO6/c1-17(2)18(3)21(26-31-24(5,6)25(7,8)32-26)13-14-23(30-19(4)28)20-11-9-10-12-22(20)29-16-15-27/h9-13,17,23,27H,3,14-16H2,1-2,4-8H3/b21-13-/t23-/m0/s1. The zero-order chi connectivity index (χ0) is 24.1. The van der Waals surface area contributed by atoms with E-state index in [2.05, 4.69) is 20.4 Å². The van der Waals surface area contributed by atoms with E-state index in [-0.39, 0.29) is 25.1 Å². The van der Waals surface area contributed by atoms with Crippen molar-refractivity contribution >= 4 is 13.1 Å². The number of aliphatic hydroxyl groups excluding tert-OH is 1. The first kappa shape index (κ1) is 26.2. The monoisotopic (exact) mass is 444 g/mol. The molecule has 0 amide bonds. The molecule has 0 spiro atoms. The van der Waals surface area contributed by atoms with Crippen LogP contribution in [0, 0.1) is 5.92 Å². The summed E-state index contributed by atoms with van der Waals surface area (Å²) in [5, 5.41) is 9.14. The van der Waals surface area contributed by atoms with Crippen molar-refractivity contribution < 1.29 is 28.7 Å². The van der Waals surface area contributed by atoms with Gasteiger partial charge in [0, 0.05) is 18.9 Å². The summed E-state index contributed by atoms with van der Waals surface area (Å²) in [6.07, 6.45) is 1.81. The summed E-state index contributed by atoms with van der Waals surface area (Å²) in [7, 11) is -0.561. The average molecular weight is 444 g/mol. The predicted octanol–water partition coefficient (Wildman–Crippen LogP) is 4.82. The van der Waals surface area contributed by atoms with E-state index in [1.165, 1.54) is 6.92 Å². The van der Waals surface area contributed by atoms with Crippen molar-refractivity contribution in [2.24, 2.45) is 5.92 Å². The van der Waals surface area contributed by atoms with Crippen LogP contribution >= 0.6 is 0 Å². The fourth-order valence-corrected chi connectivity index (χ4v) is 3.39. The number of rotatable bonds is 10. The first-order chi connectivity index (χ1) is 14.9. The van der Waals surface area contributed by atoms with Crippen molar-refractivity contribution in [2.75, 3.05) is 13.2 Å². The molecule has 1 aromatic rings. The third kappa shape index (κ3) is 6.24. The van der Waals surface area contributed by atoms with E-state index in [0.29, 0.717) is 12.2 Å². The molecule has 0 bridgehead atoms. The second-order valence-corrected chi connectivity index (χ2v) is 9.37. The second kappa shape index (κ2) is 10.7. The smallest absolute Gasteiger partial charge is 0.491 e. The summed E-state index contributed by atoms with van der Waals surface area (Å²) in [5.74, 6) is 0.369. The summed E-state index contributed by atoms with van der Waals surface area (Å²) in [6.45, 7) is 17.9. The van der Waals surface area contributed by atoms with Gasteiger partial charge in [-0.05, 0) is 45.2 Å². The van der Waals surface area contributed by atoms with Gasteiger partial charge >= 0.3 is 13.1 Å². The van der Waals surface area contributed by atoms with Crippen LogP contribution < -0.4 is 4.74 Å². The number of carbonyl (C=O) groups is 1. The molecule has 7 heteroatoms. The highest BCUT2D eigenvalue weighted by molar-refractivity contribution is 6.56. The Hall–Kier alpha value is -2.09. The van der Waals surface area contributed by atoms with Crippen LogP contribution in [0.15, 0.2) is 48.0 Å². The Kier molecular flexibility index (Phi) is 8.74. The van der Waals surface area contributed by atoms with Gasteiger partial charge in [0.25, 0.3) is 0 Å². The first-order valence-corrected chi connectivity index (χ1v) is 11.1. The highest BCUT2D eigenvalue weighted by atomic mass is 16.7. The molecule has 2 rings (SSSR count). The number of carbonyl (C=O) groups excluding carboxylic acids is 1. The minimum absolute atomic E-state index is 0.104. The Labute approximate surface area is 192 Å². The van der Waals surface area contributed by atoms with Gasteiger partial charge in [-0.2, -0.15) is 0 Å². The Bertz CT molecular complexity index is 827. The van der Waals surface area contributed by atoms with Gasteiger partial charge in [0.05, 0.1) is 17.8 Å². The summed E-state index contributed by atoms with van der Waals surface area (Å²) < 4.78 is 23.9. The molecule has 1 heterocycles. The van der Waals surface area contributed by atoms with Gasteiger partial charge in [0.1, 0.15) is 18.5 Å². The fourth-order valence-electron chi connectivity index (χ4n) is 3.39. The SMILES string of the molecule is C=C(/C(=C/C[C@H](OC(C)=O)c1ccccc1OCCO)B1OC(C)(C)C(C)(C)O1)C(C)C. The molecule has 6 nitrogen and oxygen atoms in total. The maximum absolute atomic E-state index is 11.9. The first-order valence-electron chi connectivity index (χ1n) is 11.1. The predicted molar refractivity (Wildman–Crippen MR) is 126 cm³/mol. The van der Waals surface area contributed by atoms with Crippen LogP contribution in [0.3, 0.4) is 0 Å². The number of aliphatic hydroxyl groups is 1. The van der Waals surface area contributed by atoms with Crippen LogP contribution in [0.4, 0.5) is 0 Å². The van der Waals surface area contributed by atoms with Gasteiger partial charge in [-0.15, -0.1) is 0 Å². The number of allylic oxidation sites excluding steroid dienone is 2. The molecule has 0 radical (unpaired) electrons. The number of para-hydroxylation sites is 1. The van der Waals surface area contributed by atoms with Gasteiger partial charge in [-0.25, -0.2) is 0 Å². The van der Waals surface area contributed by atoms with E-state index in [4.69, 9.17) is 23.9 Å². The number of hydrogen-bond acceptors (Lipinski definition) is 6. The lowest BCUT2D eigenvalue weighted by Crippen LogP contribution is -2.41. The summed E-state index contributed by atoms with van der Waals surface area (Å²) in [4.78, 5) is 11.9. The maximum atomic E-state index is 11.9. The molecule has 1 aliphatic heterocycles. The normalized spacial score (nSPS) is 18.5. The van der Waals surface area contributed by atoms with Gasteiger partial charge in [0.15, 0.2) is 0 Å². The quantitative estimate of drug-likeness (QED) is 0.317. The van der Waals surface area contributed by atoms with E-state index >= 15 is 0 Å². The zero-order valence-corrected chi connectivity index (χ0v) is 20.4. The van der Waals surface area contributed by atoms with Crippen molar-refractivity contribution in [3.63, 3.8) is 0 Å². The molecule has 0 aliphatic carbocycles. The topological polar surface area (TPSA) is 74.2 Å². The van der Waals surface area contributed by atoms with E-state index in [1.54, 1.807) is 6.07 Å². The minimum Gasteiger partial charge on any atom is -0.491 e. The molecular weight excluding hydrogens is 407 g/mol. The molecule has 176 valence electrons. The Morgan fingerprint density at radius 3 is 2.31 bits per heavy atom. The molecule has 1 N–H and O–H groups in total. The fraction of sp³-hybridized carbons (Fsp3) is 0.560. The third-order valence-corrected chi connectivity index (χ3v) is 6.05. The lowest BCUT2D eigenvalue weighted by molar-refractivity contribution is -0.146. The molecule has 0 unspecified atom stereocenters. The van der Waals surface area contributed by atoms with E-state index < -0.39 is 24.4 Å². The van der Waals surface area contributed by atoms with Crippen LogP contribution in [0.2, 0.25) is 0 Å². The van der Waals surface area contributed by atoms with Crippen molar-refractivity contribution in [3.8, 4) is 5.75 Å². The van der Waals surface area contributed by atoms with Gasteiger partial charge < -0.3 is 23.9 Å². The van der Waals surface area contributed by atoms with E-state index in [0.717, 1.165) is 16.6 Å². The number of esters is 1. The van der Waals surface area contributed by atoms with Gasteiger partial charge in [0.2, 0.25) is 0 Å². The van der Waals surface area contributed by atoms with Crippen LogP contribution in [-0.4, -0.2) is 42.6 Å². The molecule has 1 fully saturated rings. The molecule has 0 saturated carbocycles. The second-order valence-electron chi connectivity index (χ2n) is 9.37.